The number of imidazole rings is 1. The average Bonchev–Trinajstić information content (AvgIpc) is 3.03. The Morgan fingerprint density at radius 2 is 2.00 bits per heavy atom. The smallest absolute Gasteiger partial charge is 0.177 e. The zero-order valence-electron chi connectivity index (χ0n) is 12.8. The van der Waals surface area contributed by atoms with Crippen molar-refractivity contribution in [3.8, 4) is 17.1 Å². The molecule has 0 fully saturated rings. The highest BCUT2D eigenvalue weighted by Crippen LogP contribution is 2.24. The first-order valence-corrected chi connectivity index (χ1v) is 8.97. The lowest BCUT2D eigenvalue weighted by atomic mass is 10.1. The van der Waals surface area contributed by atoms with Crippen LogP contribution in [0.25, 0.3) is 17.1 Å². The van der Waals surface area contributed by atoms with Gasteiger partial charge in [0.05, 0.1) is 16.8 Å². The molecular weight excluding hydrogens is 331 g/mol. The van der Waals surface area contributed by atoms with E-state index in [9.17, 15) is 12.8 Å². The van der Waals surface area contributed by atoms with Gasteiger partial charge in [-0.1, -0.05) is 12.1 Å². The van der Waals surface area contributed by atoms with E-state index in [-0.39, 0.29) is 17.3 Å². The normalized spacial score (nSPS) is 11.6. The zero-order chi connectivity index (χ0) is 17.3. The van der Waals surface area contributed by atoms with Gasteiger partial charge in [-0.3, -0.25) is 4.57 Å². The monoisotopic (exact) mass is 346 g/mol. The van der Waals surface area contributed by atoms with Crippen LogP contribution in [0.2, 0.25) is 0 Å². The van der Waals surface area contributed by atoms with Gasteiger partial charge in [0.25, 0.3) is 0 Å². The van der Waals surface area contributed by atoms with Crippen molar-refractivity contribution in [3.05, 3.63) is 60.4 Å². The van der Waals surface area contributed by atoms with Crippen LogP contribution in [0, 0.1) is 5.82 Å². The van der Waals surface area contributed by atoms with Crippen LogP contribution in [0.5, 0.6) is 0 Å². The summed E-state index contributed by atoms with van der Waals surface area (Å²) in [5, 5.41) is 0. The number of nitrogens with two attached hydrogens (primary N) is 1. The summed E-state index contributed by atoms with van der Waals surface area (Å²) < 4.78 is 38.6. The molecule has 2 heterocycles. The van der Waals surface area contributed by atoms with Gasteiger partial charge in [-0.25, -0.2) is 22.8 Å². The molecule has 8 heteroatoms. The first-order valence-electron chi connectivity index (χ1n) is 7.08. The molecule has 0 unspecified atom stereocenters. The van der Waals surface area contributed by atoms with Crippen molar-refractivity contribution in [1.82, 2.24) is 14.5 Å². The molecule has 3 aromatic rings. The lowest BCUT2D eigenvalue weighted by Crippen LogP contribution is -2.03. The summed E-state index contributed by atoms with van der Waals surface area (Å²) in [5.74, 6) is 0.0985. The van der Waals surface area contributed by atoms with Crippen molar-refractivity contribution in [3.63, 3.8) is 0 Å². The lowest BCUT2D eigenvalue weighted by molar-refractivity contribution is 0.601. The number of rotatable bonds is 4. The summed E-state index contributed by atoms with van der Waals surface area (Å²) in [7, 11) is -3.31. The Bertz CT molecular complexity index is 982. The number of hydrogen-bond donors (Lipinski definition) is 1. The predicted molar refractivity (Wildman–Crippen MR) is 87.8 cm³/mol. The van der Waals surface area contributed by atoms with Gasteiger partial charge in [-0.15, -0.1) is 0 Å². The Hall–Kier alpha value is -2.58. The second kappa shape index (κ2) is 6.14. The Labute approximate surface area is 138 Å². The highest BCUT2D eigenvalue weighted by Gasteiger charge is 2.12. The Balaban J connectivity index is 2.03. The van der Waals surface area contributed by atoms with Gasteiger partial charge in [0, 0.05) is 30.1 Å². The van der Waals surface area contributed by atoms with E-state index in [1.54, 1.807) is 29.0 Å². The molecule has 0 aliphatic rings. The third-order valence-corrected chi connectivity index (χ3v) is 4.70. The highest BCUT2D eigenvalue weighted by molar-refractivity contribution is 7.90. The second-order valence-corrected chi connectivity index (χ2v) is 7.30. The molecule has 0 radical (unpaired) electrons. The molecule has 3 rings (SSSR count). The molecule has 2 aromatic heterocycles. The fourth-order valence-corrected chi connectivity index (χ4v) is 2.86. The van der Waals surface area contributed by atoms with Crippen LogP contribution in [-0.2, 0) is 16.4 Å². The molecule has 0 aliphatic heterocycles. The minimum absolute atomic E-state index is 0.125. The summed E-state index contributed by atoms with van der Waals surface area (Å²) in [6.45, 7) is 0.125. The third-order valence-electron chi connectivity index (χ3n) is 3.60. The van der Waals surface area contributed by atoms with Crippen LogP contribution in [-0.4, -0.2) is 29.2 Å². The molecule has 0 spiro atoms. The lowest BCUT2D eigenvalue weighted by Gasteiger charge is -2.09. The Morgan fingerprint density at radius 3 is 2.58 bits per heavy atom. The summed E-state index contributed by atoms with van der Waals surface area (Å²) in [6.07, 6.45) is 5.52. The molecule has 0 saturated carbocycles. The van der Waals surface area contributed by atoms with Gasteiger partial charge < -0.3 is 5.73 Å². The van der Waals surface area contributed by atoms with Crippen LogP contribution in [0.4, 0.5) is 4.39 Å². The fourth-order valence-electron chi connectivity index (χ4n) is 2.30. The SMILES string of the molecule is CS(=O)(=O)c1ccc(-n2cncc2-c2ccc(CN)c(F)c2)nc1. The van der Waals surface area contributed by atoms with Gasteiger partial charge >= 0.3 is 0 Å². The molecule has 0 bridgehead atoms. The molecule has 0 aliphatic carbocycles. The first-order chi connectivity index (χ1) is 11.4. The molecule has 124 valence electrons. The summed E-state index contributed by atoms with van der Waals surface area (Å²) >= 11 is 0. The molecular formula is C16H15FN4O2S. The molecule has 0 atom stereocenters. The summed E-state index contributed by atoms with van der Waals surface area (Å²) in [4.78, 5) is 8.37. The quantitative estimate of drug-likeness (QED) is 0.779. The van der Waals surface area contributed by atoms with E-state index in [0.29, 0.717) is 22.6 Å². The third kappa shape index (κ3) is 3.06. The van der Waals surface area contributed by atoms with Gasteiger partial charge in [-0.2, -0.15) is 0 Å². The molecule has 0 saturated heterocycles. The van der Waals surface area contributed by atoms with E-state index >= 15 is 0 Å². The topological polar surface area (TPSA) is 90.9 Å². The number of sulfone groups is 1. The van der Waals surface area contributed by atoms with Crippen molar-refractivity contribution in [1.29, 1.82) is 0 Å². The van der Waals surface area contributed by atoms with Crippen molar-refractivity contribution in [2.24, 2.45) is 5.73 Å². The maximum atomic E-state index is 14.0. The van der Waals surface area contributed by atoms with Crippen LogP contribution in [0.15, 0.2) is 53.9 Å². The highest BCUT2D eigenvalue weighted by atomic mass is 32.2. The molecule has 1 aromatic carbocycles. The van der Waals surface area contributed by atoms with Crippen molar-refractivity contribution in [2.75, 3.05) is 6.26 Å². The minimum Gasteiger partial charge on any atom is -0.326 e. The zero-order valence-corrected chi connectivity index (χ0v) is 13.7. The van der Waals surface area contributed by atoms with Crippen LogP contribution < -0.4 is 5.73 Å². The molecule has 6 nitrogen and oxygen atoms in total. The summed E-state index contributed by atoms with van der Waals surface area (Å²) in [5.41, 5.74) is 7.16. The maximum absolute atomic E-state index is 14.0. The second-order valence-electron chi connectivity index (χ2n) is 5.28. The van der Waals surface area contributed by atoms with E-state index in [4.69, 9.17) is 5.73 Å². The average molecular weight is 346 g/mol. The van der Waals surface area contributed by atoms with E-state index in [2.05, 4.69) is 9.97 Å². The number of nitrogens with zero attached hydrogens (tertiary/aromatic N) is 3. The number of benzene rings is 1. The number of hydrogen-bond acceptors (Lipinski definition) is 5. The van der Waals surface area contributed by atoms with E-state index in [0.717, 1.165) is 6.26 Å². The van der Waals surface area contributed by atoms with Gasteiger partial charge in [0.15, 0.2) is 9.84 Å². The number of pyridine rings is 1. The Kier molecular flexibility index (Phi) is 4.16. The fraction of sp³-hybridized carbons (Fsp3) is 0.125. The van der Waals surface area contributed by atoms with Crippen molar-refractivity contribution >= 4 is 9.84 Å². The van der Waals surface area contributed by atoms with Gasteiger partial charge in [-0.05, 0) is 18.2 Å². The van der Waals surface area contributed by atoms with Crippen LogP contribution in [0.1, 0.15) is 5.56 Å². The van der Waals surface area contributed by atoms with E-state index in [1.807, 2.05) is 0 Å². The first kappa shape index (κ1) is 16.3. The Morgan fingerprint density at radius 1 is 1.21 bits per heavy atom. The van der Waals surface area contributed by atoms with Crippen molar-refractivity contribution in [2.45, 2.75) is 11.4 Å². The maximum Gasteiger partial charge on any atom is 0.177 e. The van der Waals surface area contributed by atoms with E-state index < -0.39 is 9.84 Å². The molecule has 24 heavy (non-hydrogen) atoms. The molecule has 0 amide bonds. The standard InChI is InChI=1S/C16H15FN4O2S/c1-24(22,23)13-4-5-16(20-8-13)21-10-19-9-15(21)11-2-3-12(7-18)14(17)6-11/h2-6,8-10H,7,18H2,1H3. The summed E-state index contributed by atoms with van der Waals surface area (Å²) in [6, 6.07) is 7.82. The van der Waals surface area contributed by atoms with Crippen LogP contribution in [0.3, 0.4) is 0 Å². The molecule has 2 N–H and O–H groups in total. The number of aromatic nitrogens is 3. The minimum atomic E-state index is -3.31. The van der Waals surface area contributed by atoms with Gasteiger partial charge in [0.2, 0.25) is 0 Å². The van der Waals surface area contributed by atoms with E-state index in [1.165, 1.54) is 24.7 Å². The largest absolute Gasteiger partial charge is 0.326 e. The van der Waals surface area contributed by atoms with Crippen LogP contribution >= 0.6 is 0 Å². The number of halogens is 1. The van der Waals surface area contributed by atoms with Gasteiger partial charge in [0.1, 0.15) is 18.0 Å². The predicted octanol–water partition coefficient (Wildman–Crippen LogP) is 1.94. The van der Waals surface area contributed by atoms with Crippen molar-refractivity contribution < 1.29 is 12.8 Å².